The normalized spacial score (nSPS) is 32.9. The number of pyridine rings is 1. The molecule has 108 valence electrons. The van der Waals surface area contributed by atoms with Crippen LogP contribution in [-0.2, 0) is 19.1 Å². The number of carbonyl (C=O) groups is 3. The summed E-state index contributed by atoms with van der Waals surface area (Å²) in [5.41, 5.74) is 1.10. The first-order valence-corrected chi connectivity index (χ1v) is 7.22. The first kappa shape index (κ1) is 12.8. The second kappa shape index (κ2) is 4.03. The van der Waals surface area contributed by atoms with Gasteiger partial charge in [-0.2, -0.15) is 0 Å². The van der Waals surface area contributed by atoms with Crippen molar-refractivity contribution in [2.45, 2.75) is 4.32 Å². The maximum Gasteiger partial charge on any atom is 0.311 e. The lowest BCUT2D eigenvalue weighted by molar-refractivity contribution is -0.143. The number of fused-ring (bicyclic) bond motifs is 2. The van der Waals surface area contributed by atoms with Crippen LogP contribution in [0.1, 0.15) is 0 Å². The Hall–Kier alpha value is -1.96. The number of cyclic esters (lactones) is 1. The van der Waals surface area contributed by atoms with Crippen molar-refractivity contribution in [1.82, 2.24) is 4.98 Å². The average Bonchev–Trinajstić information content (AvgIpc) is 2.98. The SMILES string of the molecule is O=C1CN(C(=O)C2C3C(=O)OCC32Br)c2ccncc2N1. The Balaban J connectivity index is 1.67. The fraction of sp³-hybridized carbons (Fsp3) is 0.385. The monoisotopic (exact) mass is 351 g/mol. The van der Waals surface area contributed by atoms with E-state index in [1.165, 1.54) is 11.1 Å². The number of nitrogens with zero attached hydrogens (tertiary/aromatic N) is 2. The lowest BCUT2D eigenvalue weighted by Gasteiger charge is -2.29. The van der Waals surface area contributed by atoms with Gasteiger partial charge in [0.05, 0.1) is 33.7 Å². The van der Waals surface area contributed by atoms with Crippen LogP contribution in [0.25, 0.3) is 0 Å². The number of amides is 2. The minimum atomic E-state index is -0.609. The molecule has 0 radical (unpaired) electrons. The number of hydrogen-bond donors (Lipinski definition) is 1. The highest BCUT2D eigenvalue weighted by Gasteiger charge is 2.76. The van der Waals surface area contributed by atoms with Crippen LogP contribution >= 0.6 is 15.9 Å². The number of hydrogen-bond acceptors (Lipinski definition) is 5. The third-order valence-electron chi connectivity index (χ3n) is 4.14. The summed E-state index contributed by atoms with van der Waals surface area (Å²) in [6, 6.07) is 1.67. The Morgan fingerprint density at radius 3 is 3.05 bits per heavy atom. The predicted molar refractivity (Wildman–Crippen MR) is 74.8 cm³/mol. The molecule has 2 fully saturated rings. The molecular formula is C13H10BrN3O4. The van der Waals surface area contributed by atoms with E-state index in [2.05, 4.69) is 26.2 Å². The molecule has 2 aliphatic heterocycles. The Morgan fingerprint density at radius 2 is 2.33 bits per heavy atom. The van der Waals surface area contributed by atoms with Crippen molar-refractivity contribution in [3.8, 4) is 0 Å². The molecule has 2 amide bonds. The van der Waals surface area contributed by atoms with Crippen LogP contribution in [0, 0.1) is 11.8 Å². The first-order valence-electron chi connectivity index (χ1n) is 6.43. The molecule has 7 nitrogen and oxygen atoms in total. The summed E-state index contributed by atoms with van der Waals surface area (Å²) in [6.07, 6.45) is 3.06. The fourth-order valence-electron chi connectivity index (χ4n) is 3.04. The van der Waals surface area contributed by atoms with Gasteiger partial charge >= 0.3 is 5.97 Å². The van der Waals surface area contributed by atoms with Crippen LogP contribution in [0.2, 0.25) is 0 Å². The molecule has 4 rings (SSSR count). The van der Waals surface area contributed by atoms with Gasteiger partial charge in [0.15, 0.2) is 0 Å². The van der Waals surface area contributed by atoms with E-state index < -0.39 is 16.2 Å². The molecule has 8 heteroatoms. The van der Waals surface area contributed by atoms with Gasteiger partial charge in [0.25, 0.3) is 0 Å². The van der Waals surface area contributed by atoms with Gasteiger partial charge in [0, 0.05) is 6.20 Å². The molecule has 0 spiro atoms. The highest BCUT2D eigenvalue weighted by Crippen LogP contribution is 2.62. The van der Waals surface area contributed by atoms with Crippen molar-refractivity contribution in [3.05, 3.63) is 18.5 Å². The molecule has 3 aliphatic rings. The Bertz CT molecular complexity index is 694. The number of nitrogens with one attached hydrogen (secondary N) is 1. The van der Waals surface area contributed by atoms with E-state index >= 15 is 0 Å². The van der Waals surface area contributed by atoms with Crippen LogP contribution in [0.3, 0.4) is 0 Å². The van der Waals surface area contributed by atoms with Gasteiger partial charge in [-0.1, -0.05) is 15.9 Å². The quantitative estimate of drug-likeness (QED) is 0.580. The molecule has 1 aliphatic carbocycles. The van der Waals surface area contributed by atoms with Gasteiger partial charge < -0.3 is 15.0 Å². The number of aromatic nitrogens is 1. The Labute approximate surface area is 127 Å². The fourth-order valence-corrected chi connectivity index (χ4v) is 3.94. The molecular weight excluding hydrogens is 342 g/mol. The molecule has 3 unspecified atom stereocenters. The van der Waals surface area contributed by atoms with Crippen molar-refractivity contribution in [2.75, 3.05) is 23.4 Å². The molecule has 0 aromatic carbocycles. The standard InChI is InChI=1S/C13H10BrN3O4/c14-13-5-21-12(20)10(13)9(13)11(19)17-4-8(18)16-6-3-15-2-1-7(6)17/h1-3,9-10H,4-5H2,(H,16,18). The largest absolute Gasteiger partial charge is 0.464 e. The van der Waals surface area contributed by atoms with Gasteiger partial charge in [0.2, 0.25) is 11.8 Å². The Kier molecular flexibility index (Phi) is 2.45. The second-order valence-corrected chi connectivity index (χ2v) is 6.83. The van der Waals surface area contributed by atoms with Gasteiger partial charge in [0.1, 0.15) is 13.2 Å². The van der Waals surface area contributed by atoms with Crippen LogP contribution in [0.5, 0.6) is 0 Å². The molecule has 1 saturated heterocycles. The molecule has 0 bridgehead atoms. The average molecular weight is 352 g/mol. The number of halogens is 1. The van der Waals surface area contributed by atoms with E-state index in [-0.39, 0.29) is 30.9 Å². The van der Waals surface area contributed by atoms with Crippen molar-refractivity contribution < 1.29 is 19.1 Å². The Morgan fingerprint density at radius 1 is 1.52 bits per heavy atom. The minimum Gasteiger partial charge on any atom is -0.464 e. The number of esters is 1. The van der Waals surface area contributed by atoms with Gasteiger partial charge in [-0.15, -0.1) is 0 Å². The maximum absolute atomic E-state index is 12.7. The van der Waals surface area contributed by atoms with Crippen molar-refractivity contribution in [3.63, 3.8) is 0 Å². The number of anilines is 2. The second-order valence-electron chi connectivity index (χ2n) is 5.36. The predicted octanol–water partition coefficient (Wildman–Crippen LogP) is 0.303. The first-order chi connectivity index (χ1) is 10.0. The number of alkyl halides is 1. The topological polar surface area (TPSA) is 88.6 Å². The zero-order valence-corrected chi connectivity index (χ0v) is 12.3. The molecule has 1 saturated carbocycles. The zero-order chi connectivity index (χ0) is 14.8. The smallest absolute Gasteiger partial charge is 0.311 e. The van der Waals surface area contributed by atoms with Gasteiger partial charge in [-0.25, -0.2) is 0 Å². The maximum atomic E-state index is 12.7. The molecule has 3 atom stereocenters. The molecule has 3 heterocycles. The summed E-state index contributed by atoms with van der Waals surface area (Å²) in [6.45, 7) is 0.132. The van der Waals surface area contributed by atoms with Crippen LogP contribution in [0.15, 0.2) is 18.5 Å². The lowest BCUT2D eigenvalue weighted by atomic mass is 10.2. The third-order valence-corrected chi connectivity index (χ3v) is 5.36. The van der Waals surface area contributed by atoms with Crippen molar-refractivity contribution >= 4 is 45.1 Å². The number of carbonyl (C=O) groups excluding carboxylic acids is 3. The molecule has 1 aromatic heterocycles. The molecule has 21 heavy (non-hydrogen) atoms. The summed E-state index contributed by atoms with van der Waals surface area (Å²) in [5, 5.41) is 2.67. The van der Waals surface area contributed by atoms with E-state index in [0.29, 0.717) is 11.4 Å². The van der Waals surface area contributed by atoms with Crippen molar-refractivity contribution in [1.29, 1.82) is 0 Å². The highest BCUT2D eigenvalue weighted by atomic mass is 79.9. The van der Waals surface area contributed by atoms with Crippen LogP contribution in [0.4, 0.5) is 11.4 Å². The van der Waals surface area contributed by atoms with Gasteiger partial charge in [-0.3, -0.25) is 19.4 Å². The third kappa shape index (κ3) is 1.65. The van der Waals surface area contributed by atoms with E-state index in [1.807, 2.05) is 0 Å². The van der Waals surface area contributed by atoms with Crippen LogP contribution in [-0.4, -0.2) is 40.2 Å². The number of ether oxygens (including phenoxy) is 1. The van der Waals surface area contributed by atoms with Gasteiger partial charge in [-0.05, 0) is 6.07 Å². The minimum absolute atomic E-state index is 0.0583. The summed E-state index contributed by atoms with van der Waals surface area (Å²) >= 11 is 3.44. The van der Waals surface area contributed by atoms with Crippen LogP contribution < -0.4 is 10.2 Å². The highest BCUT2D eigenvalue weighted by molar-refractivity contribution is 9.10. The van der Waals surface area contributed by atoms with E-state index in [0.717, 1.165) is 0 Å². The zero-order valence-electron chi connectivity index (χ0n) is 10.7. The summed E-state index contributed by atoms with van der Waals surface area (Å²) in [7, 11) is 0. The van der Waals surface area contributed by atoms with Crippen molar-refractivity contribution in [2.24, 2.45) is 11.8 Å². The summed E-state index contributed by atoms with van der Waals surface area (Å²) in [4.78, 5) is 41.4. The summed E-state index contributed by atoms with van der Waals surface area (Å²) in [5.74, 6) is -1.82. The number of rotatable bonds is 1. The summed E-state index contributed by atoms with van der Waals surface area (Å²) < 4.78 is 4.32. The molecule has 1 aromatic rings. The lowest BCUT2D eigenvalue weighted by Crippen LogP contribution is -2.44. The molecule has 1 N–H and O–H groups in total. The van der Waals surface area contributed by atoms with E-state index in [9.17, 15) is 14.4 Å². The van der Waals surface area contributed by atoms with E-state index in [4.69, 9.17) is 4.74 Å². The van der Waals surface area contributed by atoms with E-state index in [1.54, 1.807) is 12.3 Å².